The van der Waals surface area contributed by atoms with E-state index in [0.717, 1.165) is 12.8 Å². The van der Waals surface area contributed by atoms with Crippen molar-refractivity contribution in [2.75, 3.05) is 13.7 Å². The molecule has 7 heteroatoms. The normalized spacial score (nSPS) is 15.3. The van der Waals surface area contributed by atoms with E-state index >= 15 is 0 Å². The summed E-state index contributed by atoms with van der Waals surface area (Å²) < 4.78 is 27.9. The Bertz CT molecular complexity index is 624. The first kappa shape index (κ1) is 15.8. The molecule has 1 aliphatic rings. The van der Waals surface area contributed by atoms with Crippen LogP contribution in [0, 0.1) is 5.92 Å². The quantitative estimate of drug-likeness (QED) is 0.811. The lowest BCUT2D eigenvalue weighted by Gasteiger charge is -2.25. The van der Waals surface area contributed by atoms with Crippen molar-refractivity contribution < 1.29 is 17.9 Å². The minimum atomic E-state index is -3.79. The van der Waals surface area contributed by atoms with Crippen LogP contribution in [0.2, 0.25) is 0 Å². The van der Waals surface area contributed by atoms with E-state index < -0.39 is 10.0 Å². The van der Waals surface area contributed by atoms with Gasteiger partial charge in [0, 0.05) is 12.1 Å². The number of sulfonamides is 1. The first-order valence-electron chi connectivity index (χ1n) is 6.86. The van der Waals surface area contributed by atoms with Gasteiger partial charge in [-0.25, -0.2) is 13.6 Å². The predicted molar refractivity (Wildman–Crippen MR) is 78.4 cm³/mol. The van der Waals surface area contributed by atoms with E-state index in [1.54, 1.807) is 0 Å². The van der Waals surface area contributed by atoms with E-state index in [-0.39, 0.29) is 17.2 Å². The lowest BCUT2D eigenvalue weighted by Crippen LogP contribution is -2.33. The molecule has 0 saturated heterocycles. The Morgan fingerprint density at radius 2 is 2.14 bits per heavy atom. The molecule has 21 heavy (non-hydrogen) atoms. The summed E-state index contributed by atoms with van der Waals surface area (Å²) in [6.45, 7) is 0.677. The topological polar surface area (TPSA) is 98.5 Å². The average Bonchev–Trinajstić information content (AvgIpc) is 2.35. The van der Waals surface area contributed by atoms with Crippen LogP contribution in [0.4, 0.5) is 0 Å². The van der Waals surface area contributed by atoms with Gasteiger partial charge in [-0.1, -0.05) is 6.42 Å². The fourth-order valence-electron chi connectivity index (χ4n) is 2.26. The molecular weight excluding hydrogens is 292 g/mol. The third-order valence-electron chi connectivity index (χ3n) is 3.74. The zero-order valence-electron chi connectivity index (χ0n) is 12.0. The molecule has 0 spiro atoms. The zero-order valence-corrected chi connectivity index (χ0v) is 12.8. The number of hydrogen-bond acceptors (Lipinski definition) is 4. The highest BCUT2D eigenvalue weighted by Crippen LogP contribution is 2.25. The standard InChI is InChI=1S/C14H20N2O4S/c1-20-13-6-5-12(21(15,18)19)7-11(13)8-14(17)16-9-10-3-2-4-10/h5-7,10H,2-4,8-9H2,1H3,(H,16,17)(H2,15,18,19). The monoisotopic (exact) mass is 312 g/mol. The summed E-state index contributed by atoms with van der Waals surface area (Å²) in [5.41, 5.74) is 0.509. The number of hydrogen-bond donors (Lipinski definition) is 2. The van der Waals surface area contributed by atoms with Gasteiger partial charge in [0.2, 0.25) is 15.9 Å². The number of primary sulfonamides is 1. The minimum absolute atomic E-state index is 0.0231. The molecule has 0 heterocycles. The highest BCUT2D eigenvalue weighted by atomic mass is 32.2. The van der Waals surface area contributed by atoms with Gasteiger partial charge in [-0.15, -0.1) is 0 Å². The van der Waals surface area contributed by atoms with Crippen LogP contribution >= 0.6 is 0 Å². The van der Waals surface area contributed by atoms with Crippen molar-refractivity contribution in [1.82, 2.24) is 5.32 Å². The van der Waals surface area contributed by atoms with Gasteiger partial charge in [-0.05, 0) is 37.0 Å². The maximum absolute atomic E-state index is 11.9. The number of benzene rings is 1. The number of nitrogens with two attached hydrogens (primary N) is 1. The maximum Gasteiger partial charge on any atom is 0.238 e. The summed E-state index contributed by atoms with van der Waals surface area (Å²) in [5, 5.41) is 7.97. The van der Waals surface area contributed by atoms with Crippen molar-refractivity contribution in [1.29, 1.82) is 0 Å². The summed E-state index contributed by atoms with van der Waals surface area (Å²) in [5.74, 6) is 0.902. The number of ether oxygens (including phenoxy) is 1. The predicted octanol–water partition coefficient (Wildman–Crippen LogP) is 0.801. The van der Waals surface area contributed by atoms with Crippen LogP contribution in [0.1, 0.15) is 24.8 Å². The van der Waals surface area contributed by atoms with E-state index in [0.29, 0.717) is 23.8 Å². The summed E-state index contributed by atoms with van der Waals surface area (Å²) in [7, 11) is -2.32. The van der Waals surface area contributed by atoms with Gasteiger partial charge in [-0.2, -0.15) is 0 Å². The molecule has 1 amide bonds. The third kappa shape index (κ3) is 4.18. The molecular formula is C14H20N2O4S. The Hall–Kier alpha value is -1.60. The molecule has 0 unspecified atom stereocenters. The number of nitrogens with one attached hydrogen (secondary N) is 1. The molecule has 0 radical (unpaired) electrons. The summed E-state index contributed by atoms with van der Waals surface area (Å²) in [4.78, 5) is 11.9. The molecule has 0 atom stereocenters. The lowest BCUT2D eigenvalue weighted by atomic mass is 9.85. The van der Waals surface area contributed by atoms with Gasteiger partial charge in [0.15, 0.2) is 0 Å². The molecule has 1 saturated carbocycles. The number of carbonyl (C=O) groups excluding carboxylic acids is 1. The van der Waals surface area contributed by atoms with Gasteiger partial charge in [0.1, 0.15) is 5.75 Å². The van der Waals surface area contributed by atoms with E-state index in [2.05, 4.69) is 5.32 Å². The van der Waals surface area contributed by atoms with Crippen molar-refractivity contribution in [3.63, 3.8) is 0 Å². The van der Waals surface area contributed by atoms with E-state index in [9.17, 15) is 13.2 Å². The molecule has 1 aliphatic carbocycles. The molecule has 0 aromatic heterocycles. The number of rotatable bonds is 6. The SMILES string of the molecule is COc1ccc(S(N)(=O)=O)cc1CC(=O)NCC1CCC1. The average molecular weight is 312 g/mol. The van der Waals surface area contributed by atoms with E-state index in [4.69, 9.17) is 9.88 Å². The molecule has 1 fully saturated rings. The Kier molecular flexibility index (Phi) is 4.84. The highest BCUT2D eigenvalue weighted by Gasteiger charge is 2.19. The van der Waals surface area contributed by atoms with Crippen molar-refractivity contribution in [2.45, 2.75) is 30.6 Å². The first-order valence-corrected chi connectivity index (χ1v) is 8.41. The first-order chi connectivity index (χ1) is 9.90. The van der Waals surface area contributed by atoms with Crippen molar-refractivity contribution >= 4 is 15.9 Å². The summed E-state index contributed by atoms with van der Waals surface area (Å²) in [6.07, 6.45) is 3.61. The molecule has 1 aromatic rings. The third-order valence-corrected chi connectivity index (χ3v) is 4.66. The van der Waals surface area contributed by atoms with Crippen molar-refractivity contribution in [3.05, 3.63) is 23.8 Å². The van der Waals surface area contributed by atoms with E-state index in [1.807, 2.05) is 0 Å². The Balaban J connectivity index is 2.07. The number of methoxy groups -OCH3 is 1. The zero-order chi connectivity index (χ0) is 15.5. The molecule has 1 aromatic carbocycles. The molecule has 0 bridgehead atoms. The van der Waals surface area contributed by atoms with Crippen LogP contribution in [-0.4, -0.2) is 28.0 Å². The van der Waals surface area contributed by atoms with Crippen LogP contribution in [-0.2, 0) is 21.2 Å². The van der Waals surface area contributed by atoms with Crippen molar-refractivity contribution in [3.8, 4) is 5.75 Å². The second-order valence-corrected chi connectivity index (χ2v) is 6.86. The van der Waals surface area contributed by atoms with Gasteiger partial charge < -0.3 is 10.1 Å². The van der Waals surface area contributed by atoms with Crippen LogP contribution in [0.15, 0.2) is 23.1 Å². The summed E-state index contributed by atoms with van der Waals surface area (Å²) >= 11 is 0. The number of amides is 1. The van der Waals surface area contributed by atoms with Crippen LogP contribution < -0.4 is 15.2 Å². The second kappa shape index (κ2) is 6.44. The van der Waals surface area contributed by atoms with Gasteiger partial charge in [-0.3, -0.25) is 4.79 Å². The molecule has 2 rings (SSSR count). The van der Waals surface area contributed by atoms with E-state index in [1.165, 1.54) is 31.7 Å². The fraction of sp³-hybridized carbons (Fsp3) is 0.500. The molecule has 3 N–H and O–H groups in total. The molecule has 6 nitrogen and oxygen atoms in total. The Morgan fingerprint density at radius 1 is 1.43 bits per heavy atom. The largest absolute Gasteiger partial charge is 0.496 e. The second-order valence-electron chi connectivity index (χ2n) is 5.30. The summed E-state index contributed by atoms with van der Waals surface area (Å²) in [6, 6.07) is 4.26. The highest BCUT2D eigenvalue weighted by molar-refractivity contribution is 7.89. The minimum Gasteiger partial charge on any atom is -0.496 e. The Labute approximate surface area is 124 Å². The Morgan fingerprint density at radius 3 is 2.67 bits per heavy atom. The smallest absolute Gasteiger partial charge is 0.238 e. The molecule has 0 aliphatic heterocycles. The maximum atomic E-state index is 11.9. The molecule has 116 valence electrons. The van der Waals surface area contributed by atoms with Crippen LogP contribution in [0.3, 0.4) is 0 Å². The lowest BCUT2D eigenvalue weighted by molar-refractivity contribution is -0.120. The van der Waals surface area contributed by atoms with Crippen LogP contribution in [0.25, 0.3) is 0 Å². The van der Waals surface area contributed by atoms with Gasteiger partial charge in [0.05, 0.1) is 18.4 Å². The van der Waals surface area contributed by atoms with Gasteiger partial charge in [0.25, 0.3) is 0 Å². The van der Waals surface area contributed by atoms with Gasteiger partial charge >= 0.3 is 0 Å². The number of carbonyl (C=O) groups is 1. The fourth-order valence-corrected chi connectivity index (χ4v) is 2.82. The van der Waals surface area contributed by atoms with Crippen LogP contribution in [0.5, 0.6) is 5.75 Å². The van der Waals surface area contributed by atoms with Crippen molar-refractivity contribution in [2.24, 2.45) is 11.1 Å².